The molecule has 0 aromatic heterocycles. The van der Waals surface area contributed by atoms with Crippen LogP contribution in [0.4, 0.5) is 20.2 Å². The van der Waals surface area contributed by atoms with E-state index in [0.29, 0.717) is 4.31 Å². The predicted octanol–water partition coefficient (Wildman–Crippen LogP) is 2.37. The van der Waals surface area contributed by atoms with Crippen LogP contribution in [0.3, 0.4) is 0 Å². The van der Waals surface area contributed by atoms with Crippen LogP contribution in [-0.2, 0) is 14.8 Å². The minimum atomic E-state index is -3.88. The maximum absolute atomic E-state index is 13.8. The zero-order chi connectivity index (χ0) is 17.0. The van der Waals surface area contributed by atoms with Crippen LogP contribution in [0.15, 0.2) is 48.5 Å². The van der Waals surface area contributed by atoms with Crippen LogP contribution in [0, 0.1) is 11.6 Å². The summed E-state index contributed by atoms with van der Waals surface area (Å²) in [6.45, 7) is -0.629. The van der Waals surface area contributed by atoms with Crippen LogP contribution in [0.2, 0.25) is 0 Å². The summed E-state index contributed by atoms with van der Waals surface area (Å²) in [5.41, 5.74) is -0.0543. The molecule has 0 spiro atoms. The average molecular weight is 340 g/mol. The fraction of sp³-hybridized carbons (Fsp3) is 0.133. The molecule has 0 aliphatic rings. The summed E-state index contributed by atoms with van der Waals surface area (Å²) in [7, 11) is -3.88. The summed E-state index contributed by atoms with van der Waals surface area (Å²) in [5, 5.41) is 2.37. The first-order valence-electron chi connectivity index (χ1n) is 6.55. The summed E-state index contributed by atoms with van der Waals surface area (Å²) >= 11 is 0. The Balaban J connectivity index is 2.22. The highest BCUT2D eigenvalue weighted by Crippen LogP contribution is 2.21. The molecule has 122 valence electrons. The highest BCUT2D eigenvalue weighted by atomic mass is 32.2. The smallest absolute Gasteiger partial charge is 0.245 e. The molecule has 8 heteroatoms. The Morgan fingerprint density at radius 2 is 1.83 bits per heavy atom. The van der Waals surface area contributed by atoms with Crippen molar-refractivity contribution >= 4 is 27.3 Å². The van der Waals surface area contributed by atoms with Crippen molar-refractivity contribution in [1.82, 2.24) is 0 Å². The third kappa shape index (κ3) is 4.49. The van der Waals surface area contributed by atoms with Crippen molar-refractivity contribution < 1.29 is 22.0 Å². The molecule has 0 fully saturated rings. The van der Waals surface area contributed by atoms with Crippen LogP contribution in [0.5, 0.6) is 0 Å². The van der Waals surface area contributed by atoms with Gasteiger partial charge in [-0.3, -0.25) is 9.10 Å². The second-order valence-corrected chi connectivity index (χ2v) is 6.69. The fourth-order valence-corrected chi connectivity index (χ4v) is 2.79. The third-order valence-electron chi connectivity index (χ3n) is 2.92. The molecule has 0 atom stereocenters. The minimum absolute atomic E-state index is 0.178. The summed E-state index contributed by atoms with van der Waals surface area (Å²) in [4.78, 5) is 12.0. The number of para-hydroxylation sites is 1. The topological polar surface area (TPSA) is 66.5 Å². The van der Waals surface area contributed by atoms with E-state index < -0.39 is 34.1 Å². The number of carbonyl (C=O) groups excluding carboxylic acids is 1. The first-order valence-corrected chi connectivity index (χ1v) is 8.40. The Kier molecular flexibility index (Phi) is 4.95. The minimum Gasteiger partial charge on any atom is -0.324 e. The molecule has 0 aliphatic carbocycles. The van der Waals surface area contributed by atoms with Gasteiger partial charge in [0.2, 0.25) is 15.9 Å². The lowest BCUT2D eigenvalue weighted by atomic mass is 10.3. The number of rotatable bonds is 5. The van der Waals surface area contributed by atoms with E-state index >= 15 is 0 Å². The molecule has 0 saturated carbocycles. The fourth-order valence-electron chi connectivity index (χ4n) is 1.93. The van der Waals surface area contributed by atoms with Gasteiger partial charge >= 0.3 is 0 Å². The van der Waals surface area contributed by atoms with Gasteiger partial charge in [-0.2, -0.15) is 0 Å². The zero-order valence-electron chi connectivity index (χ0n) is 12.2. The zero-order valence-corrected chi connectivity index (χ0v) is 13.0. The molecule has 0 radical (unpaired) electrons. The average Bonchev–Trinajstić information content (AvgIpc) is 2.44. The molecule has 0 bridgehead atoms. The van der Waals surface area contributed by atoms with Crippen LogP contribution in [0.25, 0.3) is 0 Å². The van der Waals surface area contributed by atoms with Gasteiger partial charge in [0.05, 0.1) is 11.9 Å². The first-order chi connectivity index (χ1) is 10.8. The van der Waals surface area contributed by atoms with E-state index in [1.165, 1.54) is 36.4 Å². The van der Waals surface area contributed by atoms with Gasteiger partial charge in [0, 0.05) is 5.69 Å². The SMILES string of the molecule is CS(=O)(=O)N(CC(=O)Nc1cccc(F)c1)c1ccccc1F. The van der Waals surface area contributed by atoms with Gasteiger partial charge in [-0.05, 0) is 30.3 Å². The van der Waals surface area contributed by atoms with Crippen LogP contribution in [0.1, 0.15) is 0 Å². The number of halogens is 2. The lowest BCUT2D eigenvalue weighted by Gasteiger charge is -2.22. The van der Waals surface area contributed by atoms with Crippen molar-refractivity contribution in [3.05, 3.63) is 60.2 Å². The van der Waals surface area contributed by atoms with E-state index in [4.69, 9.17) is 0 Å². The number of sulfonamides is 1. The Bertz CT molecular complexity index is 825. The van der Waals surface area contributed by atoms with Crippen molar-refractivity contribution in [3.8, 4) is 0 Å². The number of nitrogens with one attached hydrogen (secondary N) is 1. The maximum Gasteiger partial charge on any atom is 0.245 e. The van der Waals surface area contributed by atoms with Gasteiger partial charge in [0.15, 0.2) is 0 Å². The van der Waals surface area contributed by atoms with Crippen molar-refractivity contribution in [3.63, 3.8) is 0 Å². The predicted molar refractivity (Wildman–Crippen MR) is 83.6 cm³/mol. The molecule has 1 amide bonds. The third-order valence-corrected chi connectivity index (χ3v) is 4.04. The summed E-state index contributed by atoms with van der Waals surface area (Å²) < 4.78 is 51.2. The number of nitrogens with zero attached hydrogens (tertiary/aromatic N) is 1. The molecule has 2 aromatic rings. The van der Waals surface area contributed by atoms with Gasteiger partial charge in [-0.1, -0.05) is 18.2 Å². The van der Waals surface area contributed by atoms with Crippen LogP contribution in [-0.4, -0.2) is 27.1 Å². The van der Waals surface area contributed by atoms with Gasteiger partial charge in [0.25, 0.3) is 0 Å². The van der Waals surface area contributed by atoms with E-state index in [-0.39, 0.29) is 11.4 Å². The first kappa shape index (κ1) is 16.9. The number of hydrogen-bond donors (Lipinski definition) is 1. The standard InChI is InChI=1S/C15H14F2N2O3S/c1-23(21,22)19(14-8-3-2-7-13(14)17)10-15(20)18-12-6-4-5-11(16)9-12/h2-9H,10H2,1H3,(H,18,20). The van der Waals surface area contributed by atoms with Gasteiger partial charge < -0.3 is 5.32 Å². The second-order valence-electron chi connectivity index (χ2n) is 4.78. The summed E-state index contributed by atoms with van der Waals surface area (Å²) in [6, 6.07) is 10.4. The Labute approximate surface area is 132 Å². The van der Waals surface area contributed by atoms with Gasteiger partial charge in [0.1, 0.15) is 18.2 Å². The Morgan fingerprint density at radius 3 is 2.43 bits per heavy atom. The van der Waals surface area contributed by atoms with Crippen LogP contribution >= 0.6 is 0 Å². The molecule has 23 heavy (non-hydrogen) atoms. The number of carbonyl (C=O) groups is 1. The summed E-state index contributed by atoms with van der Waals surface area (Å²) in [6.07, 6.45) is 0.870. The molecule has 1 N–H and O–H groups in total. The van der Waals surface area contributed by atoms with E-state index in [9.17, 15) is 22.0 Å². The monoisotopic (exact) mass is 340 g/mol. The number of hydrogen-bond acceptors (Lipinski definition) is 3. The van der Waals surface area contributed by atoms with Crippen molar-refractivity contribution in [2.75, 3.05) is 22.4 Å². The molecule has 2 rings (SSSR count). The molecule has 2 aromatic carbocycles. The molecule has 5 nitrogen and oxygen atoms in total. The van der Waals surface area contributed by atoms with E-state index in [0.717, 1.165) is 18.4 Å². The largest absolute Gasteiger partial charge is 0.324 e. The second kappa shape index (κ2) is 6.74. The van der Waals surface area contributed by atoms with Crippen LogP contribution < -0.4 is 9.62 Å². The van der Waals surface area contributed by atoms with Crippen molar-refractivity contribution in [2.45, 2.75) is 0 Å². The van der Waals surface area contributed by atoms with E-state index in [2.05, 4.69) is 5.32 Å². The molecular formula is C15H14F2N2O3S. The molecule has 0 heterocycles. The highest BCUT2D eigenvalue weighted by Gasteiger charge is 2.23. The van der Waals surface area contributed by atoms with Crippen molar-refractivity contribution in [1.29, 1.82) is 0 Å². The summed E-state index contributed by atoms with van der Waals surface area (Å²) in [5.74, 6) is -2.03. The maximum atomic E-state index is 13.8. The molecule has 0 unspecified atom stereocenters. The van der Waals surface area contributed by atoms with Crippen molar-refractivity contribution in [2.24, 2.45) is 0 Å². The Morgan fingerprint density at radius 1 is 1.13 bits per heavy atom. The number of amides is 1. The lowest BCUT2D eigenvalue weighted by molar-refractivity contribution is -0.114. The Hall–Kier alpha value is -2.48. The molecular weight excluding hydrogens is 326 g/mol. The number of benzene rings is 2. The number of anilines is 2. The molecule has 0 aliphatic heterocycles. The lowest BCUT2D eigenvalue weighted by Crippen LogP contribution is -2.38. The molecule has 0 saturated heterocycles. The normalized spacial score (nSPS) is 11.1. The van der Waals surface area contributed by atoms with Gasteiger partial charge in [-0.25, -0.2) is 17.2 Å². The highest BCUT2D eigenvalue weighted by molar-refractivity contribution is 7.92. The van der Waals surface area contributed by atoms with E-state index in [1.807, 2.05) is 0 Å². The van der Waals surface area contributed by atoms with E-state index in [1.54, 1.807) is 0 Å². The quantitative estimate of drug-likeness (QED) is 0.909. The van der Waals surface area contributed by atoms with Gasteiger partial charge in [-0.15, -0.1) is 0 Å².